The van der Waals surface area contributed by atoms with Crippen LogP contribution in [0.2, 0.25) is 0 Å². The zero-order valence-electron chi connectivity index (χ0n) is 10.3. The number of hydrogen-bond donors (Lipinski definition) is 1. The van der Waals surface area contributed by atoms with Crippen LogP contribution in [0.5, 0.6) is 0 Å². The largest absolute Gasteiger partial charge is 0.315 e. The Morgan fingerprint density at radius 3 is 2.76 bits per heavy atom. The lowest BCUT2D eigenvalue weighted by atomic mass is 10.1. The van der Waals surface area contributed by atoms with E-state index in [-0.39, 0.29) is 0 Å². The van der Waals surface area contributed by atoms with Crippen molar-refractivity contribution < 1.29 is 0 Å². The Labute approximate surface area is 103 Å². The van der Waals surface area contributed by atoms with Crippen LogP contribution in [-0.2, 0) is 6.54 Å². The van der Waals surface area contributed by atoms with Crippen molar-refractivity contribution >= 4 is 0 Å². The third-order valence-corrected chi connectivity index (χ3v) is 3.41. The molecule has 90 valence electrons. The molecular formula is C14H19N3. The third-order valence-electron chi connectivity index (χ3n) is 3.41. The van der Waals surface area contributed by atoms with Crippen LogP contribution in [0.1, 0.15) is 24.0 Å². The van der Waals surface area contributed by atoms with Gasteiger partial charge in [-0.2, -0.15) is 5.26 Å². The minimum atomic E-state index is 0.638. The minimum Gasteiger partial charge on any atom is -0.315 e. The molecule has 0 aliphatic carbocycles. The highest BCUT2D eigenvalue weighted by atomic mass is 15.2. The molecule has 3 heteroatoms. The summed E-state index contributed by atoms with van der Waals surface area (Å²) in [5, 5.41) is 12.2. The summed E-state index contributed by atoms with van der Waals surface area (Å²) in [7, 11) is 2.18. The number of nitrogens with zero attached hydrogens (tertiary/aromatic N) is 2. The molecule has 0 bridgehead atoms. The monoisotopic (exact) mass is 229 g/mol. The molecule has 1 atom stereocenters. The van der Waals surface area contributed by atoms with Gasteiger partial charge >= 0.3 is 0 Å². The molecule has 1 aliphatic heterocycles. The molecule has 0 saturated carbocycles. The van der Waals surface area contributed by atoms with Gasteiger partial charge in [0.2, 0.25) is 0 Å². The lowest BCUT2D eigenvalue weighted by molar-refractivity contribution is 0.196. The molecule has 0 unspecified atom stereocenters. The Morgan fingerprint density at radius 1 is 1.41 bits per heavy atom. The summed E-state index contributed by atoms with van der Waals surface area (Å²) in [4.78, 5) is 2.40. The van der Waals surface area contributed by atoms with Gasteiger partial charge in [0.15, 0.2) is 0 Å². The van der Waals surface area contributed by atoms with Crippen LogP contribution >= 0.6 is 0 Å². The second-order valence-electron chi connectivity index (χ2n) is 4.72. The number of piperidine rings is 1. The van der Waals surface area contributed by atoms with Crippen molar-refractivity contribution in [3.8, 4) is 6.07 Å². The minimum absolute atomic E-state index is 0.638. The van der Waals surface area contributed by atoms with Crippen molar-refractivity contribution in [1.29, 1.82) is 5.26 Å². The number of likely N-dealkylation sites (N-methyl/N-ethyl adjacent to an activating group) is 1. The van der Waals surface area contributed by atoms with Crippen LogP contribution in [0.4, 0.5) is 0 Å². The first-order valence-electron chi connectivity index (χ1n) is 6.19. The molecule has 1 heterocycles. The van der Waals surface area contributed by atoms with Gasteiger partial charge in [-0.3, -0.25) is 4.90 Å². The van der Waals surface area contributed by atoms with E-state index in [9.17, 15) is 0 Å². The summed E-state index contributed by atoms with van der Waals surface area (Å²) in [6, 6.07) is 10.7. The normalized spacial score (nSPS) is 20.2. The van der Waals surface area contributed by atoms with Gasteiger partial charge in [-0.15, -0.1) is 0 Å². The van der Waals surface area contributed by atoms with Crippen molar-refractivity contribution in [3.05, 3.63) is 35.4 Å². The predicted octanol–water partition coefficient (Wildman–Crippen LogP) is 1.74. The molecule has 1 aliphatic rings. The zero-order valence-corrected chi connectivity index (χ0v) is 10.3. The van der Waals surface area contributed by atoms with Gasteiger partial charge in [0, 0.05) is 19.1 Å². The molecule has 1 aromatic rings. The lowest BCUT2D eigenvalue weighted by Gasteiger charge is -2.31. The molecule has 1 aromatic carbocycles. The fraction of sp³-hybridized carbons (Fsp3) is 0.500. The maximum Gasteiger partial charge on any atom is 0.0991 e. The SMILES string of the molecule is CN(Cc1ccc(C#N)cc1)[C@H]1CCCNC1. The first kappa shape index (κ1) is 12.1. The van der Waals surface area contributed by atoms with Gasteiger partial charge < -0.3 is 5.32 Å². The average Bonchev–Trinajstić information content (AvgIpc) is 2.40. The van der Waals surface area contributed by atoms with Crippen LogP contribution in [0.15, 0.2) is 24.3 Å². The van der Waals surface area contributed by atoms with Crippen LogP contribution in [-0.4, -0.2) is 31.1 Å². The van der Waals surface area contributed by atoms with Crippen molar-refractivity contribution in [1.82, 2.24) is 10.2 Å². The summed E-state index contributed by atoms with van der Waals surface area (Å²) >= 11 is 0. The van der Waals surface area contributed by atoms with Crippen LogP contribution in [0, 0.1) is 11.3 Å². The van der Waals surface area contributed by atoms with Crippen molar-refractivity contribution in [2.45, 2.75) is 25.4 Å². The molecule has 3 nitrogen and oxygen atoms in total. The quantitative estimate of drug-likeness (QED) is 0.858. The second-order valence-corrected chi connectivity index (χ2v) is 4.72. The molecule has 17 heavy (non-hydrogen) atoms. The molecule has 0 radical (unpaired) electrons. The van der Waals surface area contributed by atoms with Gasteiger partial charge in [0.1, 0.15) is 0 Å². The van der Waals surface area contributed by atoms with E-state index in [0.29, 0.717) is 6.04 Å². The highest BCUT2D eigenvalue weighted by molar-refractivity contribution is 5.31. The first-order chi connectivity index (χ1) is 8.29. The standard InChI is InChI=1S/C14H19N3/c1-17(14-3-2-8-16-10-14)11-13-6-4-12(9-15)5-7-13/h4-7,14,16H,2-3,8,10-11H2,1H3/t14-/m0/s1. The summed E-state index contributed by atoms with van der Waals surface area (Å²) in [5.74, 6) is 0. The van der Waals surface area contributed by atoms with E-state index < -0.39 is 0 Å². The average molecular weight is 229 g/mol. The zero-order chi connectivity index (χ0) is 12.1. The molecule has 0 amide bonds. The maximum absolute atomic E-state index is 8.75. The second kappa shape index (κ2) is 5.81. The van der Waals surface area contributed by atoms with E-state index in [0.717, 1.165) is 25.2 Å². The summed E-state index contributed by atoms with van der Waals surface area (Å²) in [5.41, 5.74) is 2.01. The highest BCUT2D eigenvalue weighted by Gasteiger charge is 2.17. The van der Waals surface area contributed by atoms with Crippen LogP contribution in [0.25, 0.3) is 0 Å². The topological polar surface area (TPSA) is 39.1 Å². The van der Waals surface area contributed by atoms with E-state index >= 15 is 0 Å². The van der Waals surface area contributed by atoms with Gasteiger partial charge in [-0.1, -0.05) is 12.1 Å². The van der Waals surface area contributed by atoms with Gasteiger partial charge in [0.25, 0.3) is 0 Å². The van der Waals surface area contributed by atoms with Crippen molar-refractivity contribution in [2.75, 3.05) is 20.1 Å². The third kappa shape index (κ3) is 3.29. The Hall–Kier alpha value is -1.37. The van der Waals surface area contributed by atoms with E-state index in [4.69, 9.17) is 5.26 Å². The number of nitrogens with one attached hydrogen (secondary N) is 1. The van der Waals surface area contributed by atoms with E-state index in [2.05, 4.69) is 23.3 Å². The molecule has 1 N–H and O–H groups in total. The summed E-state index contributed by atoms with van der Waals surface area (Å²) < 4.78 is 0. The maximum atomic E-state index is 8.75. The van der Waals surface area contributed by atoms with Crippen LogP contribution < -0.4 is 5.32 Å². The van der Waals surface area contributed by atoms with Gasteiger partial charge in [-0.25, -0.2) is 0 Å². The number of hydrogen-bond acceptors (Lipinski definition) is 3. The summed E-state index contributed by atoms with van der Waals surface area (Å²) in [6.07, 6.45) is 2.54. The van der Waals surface area contributed by atoms with Crippen molar-refractivity contribution in [3.63, 3.8) is 0 Å². The Bertz CT molecular complexity index is 385. The molecule has 0 spiro atoms. The number of rotatable bonds is 3. The Balaban J connectivity index is 1.92. The van der Waals surface area contributed by atoms with E-state index in [1.165, 1.54) is 18.4 Å². The van der Waals surface area contributed by atoms with E-state index in [1.54, 1.807) is 0 Å². The van der Waals surface area contributed by atoms with Gasteiger partial charge in [0.05, 0.1) is 11.6 Å². The van der Waals surface area contributed by atoms with Crippen LogP contribution in [0.3, 0.4) is 0 Å². The van der Waals surface area contributed by atoms with E-state index in [1.807, 2.05) is 24.3 Å². The lowest BCUT2D eigenvalue weighted by Crippen LogP contribution is -2.43. The first-order valence-corrected chi connectivity index (χ1v) is 6.19. The fourth-order valence-electron chi connectivity index (χ4n) is 2.31. The highest BCUT2D eigenvalue weighted by Crippen LogP contribution is 2.12. The van der Waals surface area contributed by atoms with Gasteiger partial charge in [-0.05, 0) is 44.1 Å². The molecule has 1 fully saturated rings. The molecule has 0 aromatic heterocycles. The molecular weight excluding hydrogens is 210 g/mol. The Morgan fingerprint density at radius 2 is 2.18 bits per heavy atom. The number of nitriles is 1. The fourth-order valence-corrected chi connectivity index (χ4v) is 2.31. The molecule has 2 rings (SSSR count). The summed E-state index contributed by atoms with van der Waals surface area (Å²) in [6.45, 7) is 3.20. The number of benzene rings is 1. The van der Waals surface area contributed by atoms with Crippen molar-refractivity contribution in [2.24, 2.45) is 0 Å². The smallest absolute Gasteiger partial charge is 0.0991 e. The Kier molecular flexibility index (Phi) is 4.13. The predicted molar refractivity (Wildman–Crippen MR) is 68.5 cm³/mol. The molecule has 1 saturated heterocycles.